The summed E-state index contributed by atoms with van der Waals surface area (Å²) >= 11 is 0. The predicted molar refractivity (Wildman–Crippen MR) is 149 cm³/mol. The van der Waals surface area contributed by atoms with E-state index in [2.05, 4.69) is 5.32 Å². The lowest BCUT2D eigenvalue weighted by Crippen LogP contribution is -2.40. The summed E-state index contributed by atoms with van der Waals surface area (Å²) in [4.78, 5) is 24.0. The van der Waals surface area contributed by atoms with Gasteiger partial charge in [0.15, 0.2) is 0 Å². The van der Waals surface area contributed by atoms with E-state index in [0.717, 1.165) is 58.3 Å². The maximum atomic E-state index is 13.7. The molecule has 3 unspecified atom stereocenters. The topological polar surface area (TPSA) is 92.8 Å². The first kappa shape index (κ1) is 29.9. The fourth-order valence-electron chi connectivity index (χ4n) is 5.73. The first-order valence-electron chi connectivity index (χ1n) is 13.8. The highest BCUT2D eigenvalue weighted by Gasteiger charge is 2.42. The van der Waals surface area contributed by atoms with E-state index in [1.54, 1.807) is 6.07 Å². The van der Waals surface area contributed by atoms with Crippen molar-refractivity contribution in [3.8, 4) is 0 Å². The number of nitrogens with one attached hydrogen (secondary N) is 1. The van der Waals surface area contributed by atoms with Gasteiger partial charge in [-0.3, -0.25) is 9.59 Å². The molecule has 1 saturated heterocycles. The molecule has 1 fully saturated rings. The largest absolute Gasteiger partial charge is 0.416 e. The highest BCUT2D eigenvalue weighted by Crippen LogP contribution is 2.35. The van der Waals surface area contributed by atoms with Crippen molar-refractivity contribution in [1.82, 2.24) is 9.62 Å². The number of rotatable bonds is 9. The molecule has 1 aliphatic carbocycles. The second-order valence-corrected chi connectivity index (χ2v) is 12.6. The Balaban J connectivity index is 1.36. The minimum Gasteiger partial charge on any atom is -0.372 e. The summed E-state index contributed by atoms with van der Waals surface area (Å²) in [5.41, 5.74) is 2.29. The van der Waals surface area contributed by atoms with Crippen LogP contribution in [0.1, 0.15) is 64.3 Å². The Bertz CT molecular complexity index is 1550. The molecule has 7 nitrogen and oxygen atoms in total. The van der Waals surface area contributed by atoms with Gasteiger partial charge in [-0.2, -0.15) is 17.5 Å². The van der Waals surface area contributed by atoms with Crippen LogP contribution in [0.4, 0.5) is 13.2 Å². The van der Waals surface area contributed by atoms with Crippen molar-refractivity contribution in [3.05, 3.63) is 101 Å². The number of aldehydes is 1. The SMILES string of the molecule is O=Cc1ccc2c(c1)CCCC2NC(=O)CC1CC(OCc2ccccc2)CN1S(=O)(=O)c1cccc(C(F)(F)F)c1. The number of alkyl halides is 3. The molecule has 1 amide bonds. The van der Waals surface area contributed by atoms with Crippen LogP contribution in [0.3, 0.4) is 0 Å². The van der Waals surface area contributed by atoms with Gasteiger partial charge in [0, 0.05) is 24.6 Å². The van der Waals surface area contributed by atoms with Crippen LogP contribution < -0.4 is 5.32 Å². The highest BCUT2D eigenvalue weighted by molar-refractivity contribution is 7.89. The van der Waals surface area contributed by atoms with E-state index in [1.165, 1.54) is 0 Å². The van der Waals surface area contributed by atoms with Crippen LogP contribution >= 0.6 is 0 Å². The standard InChI is InChI=1S/C31H31F3N2O5S/c32-31(33,34)24-9-5-10-27(15-24)42(39,40)36-18-26(41-20-21-6-2-1-3-7-21)16-25(36)17-30(38)35-29-11-4-8-23-14-22(19-37)12-13-28(23)29/h1-3,5-7,9-10,12-15,19,25-26,29H,4,8,11,16-18,20H2,(H,35,38). The lowest BCUT2D eigenvalue weighted by Gasteiger charge is -2.28. The number of carbonyl (C=O) groups is 2. The number of nitrogens with zero attached hydrogens (tertiary/aromatic N) is 1. The lowest BCUT2D eigenvalue weighted by molar-refractivity contribution is -0.137. The van der Waals surface area contributed by atoms with E-state index in [1.807, 2.05) is 42.5 Å². The summed E-state index contributed by atoms with van der Waals surface area (Å²) in [6.07, 6.45) is -2.16. The number of aryl methyl sites for hydroxylation is 1. The minimum absolute atomic E-state index is 0.0932. The monoisotopic (exact) mass is 600 g/mol. The second-order valence-electron chi connectivity index (χ2n) is 10.7. The fourth-order valence-corrected chi connectivity index (χ4v) is 7.44. The molecular formula is C31H31F3N2O5S. The van der Waals surface area contributed by atoms with E-state index in [9.17, 15) is 31.2 Å². The van der Waals surface area contributed by atoms with Gasteiger partial charge in [0.05, 0.1) is 29.2 Å². The Hall–Kier alpha value is -3.54. The Kier molecular flexibility index (Phi) is 8.81. The van der Waals surface area contributed by atoms with Crippen molar-refractivity contribution in [2.75, 3.05) is 6.54 Å². The first-order valence-corrected chi connectivity index (χ1v) is 15.2. The summed E-state index contributed by atoms with van der Waals surface area (Å²) in [7, 11) is -4.38. The van der Waals surface area contributed by atoms with Crippen LogP contribution in [0.2, 0.25) is 0 Å². The maximum absolute atomic E-state index is 13.7. The molecule has 2 aliphatic rings. The van der Waals surface area contributed by atoms with Gasteiger partial charge >= 0.3 is 6.18 Å². The number of hydrogen-bond donors (Lipinski definition) is 1. The summed E-state index contributed by atoms with van der Waals surface area (Å²) in [5, 5.41) is 3.01. The van der Waals surface area contributed by atoms with Crippen LogP contribution in [0.5, 0.6) is 0 Å². The molecule has 0 radical (unpaired) electrons. The number of hydrogen-bond acceptors (Lipinski definition) is 5. The van der Waals surface area contributed by atoms with Crippen molar-refractivity contribution >= 4 is 22.2 Å². The summed E-state index contributed by atoms with van der Waals surface area (Å²) < 4.78 is 74.6. The average molecular weight is 601 g/mol. The Morgan fingerprint density at radius 1 is 1.05 bits per heavy atom. The lowest BCUT2D eigenvalue weighted by atomic mass is 9.86. The quantitative estimate of drug-likeness (QED) is 0.330. The Morgan fingerprint density at radius 3 is 2.57 bits per heavy atom. The molecule has 3 aromatic rings. The normalized spacial score (nSPS) is 21.1. The van der Waals surface area contributed by atoms with Gasteiger partial charge in [-0.05, 0) is 66.6 Å². The summed E-state index contributed by atoms with van der Waals surface area (Å²) in [5.74, 6) is -0.370. The first-order chi connectivity index (χ1) is 20.0. The van der Waals surface area contributed by atoms with Gasteiger partial charge in [-0.1, -0.05) is 48.5 Å². The molecule has 42 heavy (non-hydrogen) atoms. The average Bonchev–Trinajstić information content (AvgIpc) is 3.39. The molecule has 0 aromatic heterocycles. The number of amides is 1. The zero-order chi connectivity index (χ0) is 29.9. The van der Waals surface area contributed by atoms with Crippen molar-refractivity contribution in [2.24, 2.45) is 0 Å². The molecule has 11 heteroatoms. The van der Waals surface area contributed by atoms with Crippen molar-refractivity contribution < 1.29 is 35.9 Å². The summed E-state index contributed by atoms with van der Waals surface area (Å²) in [6.45, 7) is 0.133. The number of sulfonamides is 1. The van der Waals surface area contributed by atoms with Gasteiger partial charge in [0.25, 0.3) is 0 Å². The van der Waals surface area contributed by atoms with Crippen molar-refractivity contribution in [3.63, 3.8) is 0 Å². The number of carbonyl (C=O) groups excluding carboxylic acids is 2. The van der Waals surface area contributed by atoms with Gasteiger partial charge in [-0.25, -0.2) is 8.42 Å². The van der Waals surface area contributed by atoms with E-state index in [4.69, 9.17) is 4.74 Å². The molecule has 0 saturated carbocycles. The number of benzene rings is 3. The van der Waals surface area contributed by atoms with E-state index < -0.39 is 38.8 Å². The molecule has 0 spiro atoms. The van der Waals surface area contributed by atoms with Crippen LogP contribution in [-0.2, 0) is 38.8 Å². The van der Waals surface area contributed by atoms with Crippen LogP contribution in [0.25, 0.3) is 0 Å². The fraction of sp³-hybridized carbons (Fsp3) is 0.355. The van der Waals surface area contributed by atoms with Crippen LogP contribution in [0, 0.1) is 0 Å². The predicted octanol–water partition coefficient (Wildman–Crippen LogP) is 5.45. The third-order valence-corrected chi connectivity index (χ3v) is 9.71. The summed E-state index contributed by atoms with van der Waals surface area (Å²) in [6, 6.07) is 17.2. The molecular weight excluding hydrogens is 569 g/mol. The van der Waals surface area contributed by atoms with Gasteiger partial charge in [-0.15, -0.1) is 0 Å². The van der Waals surface area contributed by atoms with E-state index >= 15 is 0 Å². The molecule has 3 aromatic carbocycles. The van der Waals surface area contributed by atoms with Gasteiger partial charge in [0.2, 0.25) is 15.9 Å². The second kappa shape index (κ2) is 12.4. The molecule has 222 valence electrons. The zero-order valence-corrected chi connectivity index (χ0v) is 23.5. The van der Waals surface area contributed by atoms with Crippen molar-refractivity contribution in [2.45, 2.75) is 68.0 Å². The Morgan fingerprint density at radius 2 is 1.83 bits per heavy atom. The highest BCUT2D eigenvalue weighted by atomic mass is 32.2. The van der Waals surface area contributed by atoms with Crippen LogP contribution in [0.15, 0.2) is 77.7 Å². The number of fused-ring (bicyclic) bond motifs is 1. The minimum atomic E-state index is -4.71. The third kappa shape index (κ3) is 6.74. The van der Waals surface area contributed by atoms with E-state index in [-0.39, 0.29) is 37.9 Å². The smallest absolute Gasteiger partial charge is 0.372 e. The molecule has 1 heterocycles. The molecule has 1 aliphatic heterocycles. The maximum Gasteiger partial charge on any atom is 0.416 e. The molecule has 5 rings (SSSR count). The van der Waals surface area contributed by atoms with Gasteiger partial charge in [0.1, 0.15) is 6.29 Å². The number of ether oxygens (including phenoxy) is 1. The number of halogens is 3. The molecule has 1 N–H and O–H groups in total. The molecule has 0 bridgehead atoms. The van der Waals surface area contributed by atoms with E-state index in [0.29, 0.717) is 18.1 Å². The molecule has 3 atom stereocenters. The van der Waals surface area contributed by atoms with Crippen molar-refractivity contribution in [1.29, 1.82) is 0 Å². The Labute approximate surface area is 242 Å². The van der Waals surface area contributed by atoms with Crippen LogP contribution in [-0.4, -0.2) is 43.6 Å². The zero-order valence-electron chi connectivity index (χ0n) is 22.7. The third-order valence-electron chi connectivity index (χ3n) is 7.80. The van der Waals surface area contributed by atoms with Gasteiger partial charge < -0.3 is 10.1 Å².